The number of hydrogen-bond donors (Lipinski definition) is 0. The van der Waals surface area contributed by atoms with Crippen molar-refractivity contribution in [2.45, 2.75) is 20.3 Å². The number of pyridine rings is 1. The molecule has 1 saturated carbocycles. The molecule has 0 radical (unpaired) electrons. The first-order chi connectivity index (χ1) is 12.3. The predicted octanol–water partition coefficient (Wildman–Crippen LogP) is 1.21. The minimum Gasteiger partial charge on any atom is -0.379 e. The highest BCUT2D eigenvalue weighted by molar-refractivity contribution is 5.94. The van der Waals surface area contributed by atoms with E-state index in [9.17, 15) is 9.59 Å². The molecule has 6 nitrogen and oxygen atoms in total. The van der Waals surface area contributed by atoms with E-state index in [1.54, 1.807) is 19.3 Å². The van der Waals surface area contributed by atoms with E-state index < -0.39 is 0 Å². The molecule has 0 bridgehead atoms. The van der Waals surface area contributed by atoms with Gasteiger partial charge in [0.1, 0.15) is 0 Å². The normalized spacial score (nSPS) is 30.7. The number of hydrogen-bond acceptors (Lipinski definition) is 4. The molecule has 2 atom stereocenters. The molecule has 1 amide bonds. The average molecular weight is 359 g/mol. The summed E-state index contributed by atoms with van der Waals surface area (Å²) in [5, 5.41) is 0. The Morgan fingerprint density at radius 1 is 1.27 bits per heavy atom. The van der Waals surface area contributed by atoms with Gasteiger partial charge in [0.05, 0.1) is 18.8 Å². The summed E-state index contributed by atoms with van der Waals surface area (Å²) in [4.78, 5) is 29.2. The first-order valence-corrected chi connectivity index (χ1v) is 9.57. The Hall–Kier alpha value is -1.66. The van der Waals surface area contributed by atoms with Crippen molar-refractivity contribution in [2.75, 3.05) is 45.9 Å². The number of carbonyl (C=O) groups is 1. The maximum Gasteiger partial charge on any atom is 0.255 e. The van der Waals surface area contributed by atoms with Crippen LogP contribution in [0.4, 0.5) is 0 Å². The monoisotopic (exact) mass is 359 g/mol. The highest BCUT2D eigenvalue weighted by Crippen LogP contribution is 2.63. The van der Waals surface area contributed by atoms with Gasteiger partial charge in [-0.1, -0.05) is 13.8 Å². The molecule has 3 fully saturated rings. The predicted molar refractivity (Wildman–Crippen MR) is 99.2 cm³/mol. The fraction of sp³-hybridized carbons (Fsp3) is 0.700. The number of aromatic nitrogens is 1. The highest BCUT2D eigenvalue weighted by atomic mass is 16.5. The summed E-state index contributed by atoms with van der Waals surface area (Å²) in [5.74, 6) is 0.585. The lowest BCUT2D eigenvalue weighted by Crippen LogP contribution is -2.59. The minimum absolute atomic E-state index is 0.0483. The zero-order valence-electron chi connectivity index (χ0n) is 16.0. The number of likely N-dealkylation sites (tertiary alicyclic amines) is 1. The Balaban J connectivity index is 1.53. The molecule has 4 rings (SSSR count). The SMILES string of the molecule is Cn1cc(C(=O)N2C[C@@H]3C(C)(C)C[C@]3(CN3CCOCC3)C2)ccc1=O. The molecule has 2 aliphatic heterocycles. The second kappa shape index (κ2) is 6.20. The van der Waals surface area contributed by atoms with Crippen LogP contribution in [0.2, 0.25) is 0 Å². The summed E-state index contributed by atoms with van der Waals surface area (Å²) >= 11 is 0. The zero-order valence-corrected chi connectivity index (χ0v) is 16.0. The van der Waals surface area contributed by atoms with E-state index in [-0.39, 0.29) is 22.3 Å². The molecule has 3 aliphatic rings. The Labute approximate surface area is 154 Å². The summed E-state index contributed by atoms with van der Waals surface area (Å²) in [6.07, 6.45) is 2.82. The van der Waals surface area contributed by atoms with Gasteiger partial charge in [-0.3, -0.25) is 14.5 Å². The van der Waals surface area contributed by atoms with Gasteiger partial charge in [0.25, 0.3) is 5.91 Å². The fourth-order valence-electron chi connectivity index (χ4n) is 5.60. The lowest BCUT2D eigenvalue weighted by molar-refractivity contribution is -0.0966. The van der Waals surface area contributed by atoms with Gasteiger partial charge in [-0.25, -0.2) is 0 Å². The van der Waals surface area contributed by atoms with Crippen LogP contribution < -0.4 is 5.56 Å². The average Bonchev–Trinajstić information content (AvgIpc) is 2.92. The van der Waals surface area contributed by atoms with Crippen molar-refractivity contribution in [1.29, 1.82) is 0 Å². The molecule has 142 valence electrons. The third-order valence-electron chi connectivity index (χ3n) is 6.66. The Kier molecular flexibility index (Phi) is 4.23. The third-order valence-corrected chi connectivity index (χ3v) is 6.66. The van der Waals surface area contributed by atoms with E-state index in [0.717, 1.165) is 45.9 Å². The van der Waals surface area contributed by atoms with Crippen molar-refractivity contribution in [2.24, 2.45) is 23.8 Å². The fourth-order valence-corrected chi connectivity index (χ4v) is 5.60. The van der Waals surface area contributed by atoms with Gasteiger partial charge < -0.3 is 14.2 Å². The van der Waals surface area contributed by atoms with Crippen LogP contribution in [0.25, 0.3) is 0 Å². The lowest BCUT2D eigenvalue weighted by Gasteiger charge is -2.58. The first kappa shape index (κ1) is 17.7. The standard InChI is InChI=1S/C20H29N3O3/c1-19(2)12-20(13-22-6-8-26-9-7-22)14-23(11-16(19)20)18(25)15-4-5-17(24)21(3)10-15/h4-5,10,16H,6-9,11-14H2,1-3H3/t16-,20+/m1/s1. The molecule has 0 N–H and O–H groups in total. The first-order valence-electron chi connectivity index (χ1n) is 9.57. The Bertz CT molecular complexity index is 766. The van der Waals surface area contributed by atoms with Crippen LogP contribution >= 0.6 is 0 Å². The third kappa shape index (κ3) is 2.89. The van der Waals surface area contributed by atoms with Gasteiger partial charge in [0.2, 0.25) is 5.56 Å². The van der Waals surface area contributed by atoms with Crippen LogP contribution in [0.15, 0.2) is 23.1 Å². The number of rotatable bonds is 3. The number of amides is 1. The maximum absolute atomic E-state index is 13.1. The molecule has 1 aromatic heterocycles. The summed E-state index contributed by atoms with van der Waals surface area (Å²) in [5.41, 5.74) is 1.00. The number of nitrogens with zero attached hydrogens (tertiary/aromatic N) is 3. The van der Waals surface area contributed by atoms with E-state index in [1.165, 1.54) is 17.1 Å². The molecule has 1 aliphatic carbocycles. The molecule has 0 aromatic carbocycles. The largest absolute Gasteiger partial charge is 0.379 e. The molecular weight excluding hydrogens is 330 g/mol. The van der Waals surface area contributed by atoms with Crippen molar-refractivity contribution in [1.82, 2.24) is 14.4 Å². The summed E-state index contributed by atoms with van der Waals surface area (Å²) in [6.45, 7) is 11.0. The lowest BCUT2D eigenvalue weighted by atomic mass is 9.48. The van der Waals surface area contributed by atoms with Crippen LogP contribution in [0.1, 0.15) is 30.6 Å². The van der Waals surface area contributed by atoms with Gasteiger partial charge in [0, 0.05) is 57.4 Å². The second-order valence-electron chi connectivity index (χ2n) is 9.02. The van der Waals surface area contributed by atoms with Gasteiger partial charge >= 0.3 is 0 Å². The van der Waals surface area contributed by atoms with Gasteiger partial charge in [-0.2, -0.15) is 0 Å². The van der Waals surface area contributed by atoms with Crippen molar-refractivity contribution in [3.63, 3.8) is 0 Å². The Morgan fingerprint density at radius 3 is 2.65 bits per heavy atom. The van der Waals surface area contributed by atoms with Gasteiger partial charge in [0.15, 0.2) is 0 Å². The van der Waals surface area contributed by atoms with Gasteiger partial charge in [-0.15, -0.1) is 0 Å². The van der Waals surface area contributed by atoms with E-state index in [4.69, 9.17) is 4.74 Å². The van der Waals surface area contributed by atoms with Crippen molar-refractivity contribution < 1.29 is 9.53 Å². The second-order valence-corrected chi connectivity index (χ2v) is 9.02. The Morgan fingerprint density at radius 2 is 2.00 bits per heavy atom. The van der Waals surface area contributed by atoms with Crippen LogP contribution in [0, 0.1) is 16.7 Å². The smallest absolute Gasteiger partial charge is 0.255 e. The molecule has 1 aromatic rings. The van der Waals surface area contributed by atoms with Crippen LogP contribution in [-0.2, 0) is 11.8 Å². The van der Waals surface area contributed by atoms with Crippen LogP contribution in [0.5, 0.6) is 0 Å². The molecule has 26 heavy (non-hydrogen) atoms. The van der Waals surface area contributed by atoms with Gasteiger partial charge in [-0.05, 0) is 23.8 Å². The highest BCUT2D eigenvalue weighted by Gasteiger charge is 2.63. The molecule has 0 spiro atoms. The van der Waals surface area contributed by atoms with Crippen LogP contribution in [-0.4, -0.2) is 66.2 Å². The number of fused-ring (bicyclic) bond motifs is 1. The van der Waals surface area contributed by atoms with E-state index in [2.05, 4.69) is 18.7 Å². The van der Waals surface area contributed by atoms with E-state index in [0.29, 0.717) is 11.5 Å². The van der Waals surface area contributed by atoms with Crippen molar-refractivity contribution >= 4 is 5.91 Å². The number of carbonyl (C=O) groups excluding carboxylic acids is 1. The summed E-state index contributed by atoms with van der Waals surface area (Å²) < 4.78 is 6.96. The quantitative estimate of drug-likeness (QED) is 0.814. The summed E-state index contributed by atoms with van der Waals surface area (Å²) in [7, 11) is 1.69. The van der Waals surface area contributed by atoms with Crippen molar-refractivity contribution in [3.8, 4) is 0 Å². The molecular formula is C20H29N3O3. The maximum atomic E-state index is 13.1. The molecule has 0 unspecified atom stereocenters. The van der Waals surface area contributed by atoms with E-state index in [1.807, 2.05) is 4.90 Å². The number of morpholine rings is 1. The number of ether oxygens (including phenoxy) is 1. The topological polar surface area (TPSA) is 54.8 Å². The molecule has 6 heteroatoms. The molecule has 3 heterocycles. The van der Waals surface area contributed by atoms with E-state index >= 15 is 0 Å². The van der Waals surface area contributed by atoms with Crippen molar-refractivity contribution in [3.05, 3.63) is 34.2 Å². The zero-order chi connectivity index (χ0) is 18.5. The van der Waals surface area contributed by atoms with Crippen LogP contribution in [0.3, 0.4) is 0 Å². The molecule has 2 saturated heterocycles. The minimum atomic E-state index is -0.0898. The number of aryl methyl sites for hydroxylation is 1. The summed E-state index contributed by atoms with van der Waals surface area (Å²) in [6, 6.07) is 3.13.